The van der Waals surface area contributed by atoms with Gasteiger partial charge >= 0.3 is 6.61 Å². The fourth-order valence-electron chi connectivity index (χ4n) is 3.22. The van der Waals surface area contributed by atoms with Crippen molar-refractivity contribution in [3.63, 3.8) is 0 Å². The Kier molecular flexibility index (Phi) is 6.01. The molecule has 1 aliphatic rings. The SMILES string of the molecule is CN1C(=O)C(c2ccc(OC(F)F)cc2)(c2cccc(C(O)C#CCO)c2)N=C1N. The molecule has 0 radical (unpaired) electrons. The molecule has 0 bridgehead atoms. The van der Waals surface area contributed by atoms with Gasteiger partial charge in [0.05, 0.1) is 0 Å². The molecule has 2 aromatic rings. The molecule has 0 spiro atoms. The standard InChI is InChI=1S/C21H19F2N3O4/c1-26-18(29)21(25-20(26)24,14-7-9-16(10-8-14)30-19(22)23)15-5-2-4-13(12-15)17(28)6-3-11-27/h2,4-5,7-10,12,17,19,27-28H,11H2,1H3,(H2,24,25). The van der Waals surface area contributed by atoms with Gasteiger partial charge in [-0.3, -0.25) is 9.69 Å². The van der Waals surface area contributed by atoms with Gasteiger partial charge in [0.1, 0.15) is 18.5 Å². The average molecular weight is 415 g/mol. The van der Waals surface area contributed by atoms with Gasteiger partial charge in [-0.05, 0) is 34.9 Å². The van der Waals surface area contributed by atoms with Crippen molar-refractivity contribution >= 4 is 11.9 Å². The molecule has 156 valence electrons. The molecule has 3 rings (SSSR count). The number of nitrogens with zero attached hydrogens (tertiary/aromatic N) is 2. The number of aliphatic hydroxyl groups is 2. The third-order valence-corrected chi connectivity index (χ3v) is 4.68. The van der Waals surface area contributed by atoms with Gasteiger partial charge in [-0.2, -0.15) is 8.78 Å². The Labute approximate surface area is 171 Å². The zero-order valence-electron chi connectivity index (χ0n) is 15.9. The van der Waals surface area contributed by atoms with Crippen LogP contribution in [0.3, 0.4) is 0 Å². The Hall–Kier alpha value is -3.48. The number of hydrogen-bond acceptors (Lipinski definition) is 6. The van der Waals surface area contributed by atoms with Crippen molar-refractivity contribution in [3.05, 3.63) is 65.2 Å². The van der Waals surface area contributed by atoms with E-state index in [-0.39, 0.29) is 11.7 Å². The molecule has 1 aliphatic heterocycles. The summed E-state index contributed by atoms with van der Waals surface area (Å²) in [6.45, 7) is -3.38. The second kappa shape index (κ2) is 8.49. The van der Waals surface area contributed by atoms with E-state index in [1.807, 2.05) is 0 Å². The summed E-state index contributed by atoms with van der Waals surface area (Å²) in [5, 5.41) is 19.1. The normalized spacial score (nSPS) is 19.3. The number of rotatable bonds is 5. The number of carbonyl (C=O) groups excluding carboxylic acids is 1. The number of nitrogens with two attached hydrogens (primary N) is 1. The van der Waals surface area contributed by atoms with Gasteiger partial charge in [0.15, 0.2) is 11.5 Å². The van der Waals surface area contributed by atoms with Crippen LogP contribution < -0.4 is 10.5 Å². The highest BCUT2D eigenvalue weighted by molar-refractivity contribution is 6.08. The highest BCUT2D eigenvalue weighted by Crippen LogP contribution is 2.40. The van der Waals surface area contributed by atoms with Gasteiger partial charge in [-0.15, -0.1) is 0 Å². The lowest BCUT2D eigenvalue weighted by Crippen LogP contribution is -2.41. The lowest BCUT2D eigenvalue weighted by molar-refractivity contribution is -0.129. The number of guanidine groups is 1. The molecule has 0 saturated carbocycles. The maximum absolute atomic E-state index is 13.2. The molecule has 2 atom stereocenters. The second-order valence-corrected chi connectivity index (χ2v) is 6.45. The summed E-state index contributed by atoms with van der Waals surface area (Å²) in [4.78, 5) is 18.8. The zero-order chi connectivity index (χ0) is 21.9. The number of likely N-dealkylation sites (N-methyl/N-ethyl adjacent to an activating group) is 1. The predicted octanol–water partition coefficient (Wildman–Crippen LogP) is 1.35. The van der Waals surface area contributed by atoms with Crippen molar-refractivity contribution in [2.75, 3.05) is 13.7 Å². The molecule has 0 fully saturated rings. The number of hydrogen-bond donors (Lipinski definition) is 3. The first-order valence-electron chi connectivity index (χ1n) is 8.86. The molecular formula is C21H19F2N3O4. The number of aliphatic imine (C=N–C) groups is 1. The van der Waals surface area contributed by atoms with Crippen LogP contribution in [0.1, 0.15) is 22.8 Å². The number of halogens is 2. The van der Waals surface area contributed by atoms with Gasteiger partial charge in [0.2, 0.25) is 0 Å². The quantitative estimate of drug-likeness (QED) is 0.639. The van der Waals surface area contributed by atoms with Gasteiger partial charge in [-0.1, -0.05) is 42.2 Å². The minimum absolute atomic E-state index is 0.0149. The van der Waals surface area contributed by atoms with Crippen molar-refractivity contribution in [1.82, 2.24) is 4.90 Å². The molecule has 4 N–H and O–H groups in total. The van der Waals surface area contributed by atoms with Crippen LogP contribution in [0.4, 0.5) is 8.78 Å². The Balaban J connectivity index is 2.13. The van der Waals surface area contributed by atoms with Gasteiger partial charge < -0.3 is 20.7 Å². The van der Waals surface area contributed by atoms with E-state index in [1.54, 1.807) is 24.3 Å². The van der Waals surface area contributed by atoms with E-state index in [9.17, 15) is 18.7 Å². The first-order valence-corrected chi connectivity index (χ1v) is 8.86. The van der Waals surface area contributed by atoms with Crippen LogP contribution in [0.15, 0.2) is 53.5 Å². The Morgan fingerprint density at radius 3 is 2.50 bits per heavy atom. The lowest BCUT2D eigenvalue weighted by atomic mass is 9.82. The van der Waals surface area contributed by atoms with Gasteiger partial charge in [0, 0.05) is 7.05 Å². The van der Waals surface area contributed by atoms with Crippen LogP contribution in [0.2, 0.25) is 0 Å². The molecule has 0 aliphatic carbocycles. The monoisotopic (exact) mass is 415 g/mol. The largest absolute Gasteiger partial charge is 0.435 e. The van der Waals surface area contributed by atoms with Gasteiger partial charge in [0.25, 0.3) is 5.91 Å². The van der Waals surface area contributed by atoms with Crippen molar-refractivity contribution in [2.45, 2.75) is 18.3 Å². The summed E-state index contributed by atoms with van der Waals surface area (Å²) in [5.41, 5.74) is 5.52. The minimum atomic E-state index is -2.98. The molecule has 1 amide bonds. The molecule has 0 aromatic heterocycles. The van der Waals surface area contributed by atoms with Crippen LogP contribution in [0.25, 0.3) is 0 Å². The lowest BCUT2D eigenvalue weighted by Gasteiger charge is -2.27. The number of alkyl halides is 2. The van der Waals surface area contributed by atoms with Gasteiger partial charge in [-0.25, -0.2) is 4.99 Å². The topological polar surface area (TPSA) is 108 Å². The summed E-state index contributed by atoms with van der Waals surface area (Å²) < 4.78 is 29.3. The van der Waals surface area contributed by atoms with E-state index in [0.29, 0.717) is 16.7 Å². The number of aliphatic hydroxyl groups excluding tert-OH is 2. The van der Waals surface area contributed by atoms with E-state index in [4.69, 9.17) is 10.8 Å². The maximum atomic E-state index is 13.2. The summed E-state index contributed by atoms with van der Waals surface area (Å²) in [7, 11) is 1.47. The second-order valence-electron chi connectivity index (χ2n) is 6.45. The van der Waals surface area contributed by atoms with E-state index in [1.165, 1.54) is 36.2 Å². The van der Waals surface area contributed by atoms with Crippen LogP contribution in [0, 0.1) is 11.8 Å². The maximum Gasteiger partial charge on any atom is 0.387 e. The van der Waals surface area contributed by atoms with Crippen LogP contribution in [0.5, 0.6) is 5.75 Å². The molecule has 30 heavy (non-hydrogen) atoms. The predicted molar refractivity (Wildman–Crippen MR) is 105 cm³/mol. The molecule has 7 nitrogen and oxygen atoms in total. The third-order valence-electron chi connectivity index (χ3n) is 4.68. The number of amides is 1. The fourth-order valence-corrected chi connectivity index (χ4v) is 3.22. The first-order chi connectivity index (χ1) is 14.3. The fraction of sp³-hybridized carbons (Fsp3) is 0.238. The highest BCUT2D eigenvalue weighted by Gasteiger charge is 2.49. The summed E-state index contributed by atoms with van der Waals surface area (Å²) in [6.07, 6.45) is -1.19. The van der Waals surface area contributed by atoms with E-state index in [2.05, 4.69) is 21.6 Å². The summed E-state index contributed by atoms with van der Waals surface area (Å²) in [6, 6.07) is 12.0. The Morgan fingerprint density at radius 1 is 1.23 bits per heavy atom. The average Bonchev–Trinajstić information content (AvgIpc) is 2.97. The number of carbonyl (C=O) groups is 1. The number of ether oxygens (including phenoxy) is 1. The van der Waals surface area contributed by atoms with Crippen molar-refractivity contribution in [1.29, 1.82) is 0 Å². The smallest absolute Gasteiger partial charge is 0.387 e. The Morgan fingerprint density at radius 2 is 1.93 bits per heavy atom. The van der Waals surface area contributed by atoms with Crippen LogP contribution >= 0.6 is 0 Å². The van der Waals surface area contributed by atoms with Crippen LogP contribution in [-0.2, 0) is 10.3 Å². The minimum Gasteiger partial charge on any atom is -0.435 e. The molecule has 2 aromatic carbocycles. The molecule has 2 unspecified atom stereocenters. The molecule has 0 saturated heterocycles. The van der Waals surface area contributed by atoms with E-state index < -0.39 is 30.8 Å². The highest BCUT2D eigenvalue weighted by atomic mass is 19.3. The van der Waals surface area contributed by atoms with E-state index in [0.717, 1.165) is 0 Å². The van der Waals surface area contributed by atoms with Crippen molar-refractivity contribution < 1.29 is 28.5 Å². The Bertz CT molecular complexity index is 1030. The molecule has 1 heterocycles. The zero-order valence-corrected chi connectivity index (χ0v) is 15.9. The van der Waals surface area contributed by atoms with Crippen molar-refractivity contribution in [2.24, 2.45) is 10.7 Å². The van der Waals surface area contributed by atoms with Crippen molar-refractivity contribution in [3.8, 4) is 17.6 Å². The van der Waals surface area contributed by atoms with E-state index >= 15 is 0 Å². The van der Waals surface area contributed by atoms with Crippen LogP contribution in [-0.4, -0.2) is 47.2 Å². The summed E-state index contributed by atoms with van der Waals surface area (Å²) in [5.74, 6) is 4.33. The first kappa shape index (κ1) is 21.2. The third kappa shape index (κ3) is 3.83. The molecule has 9 heteroatoms. The number of benzene rings is 2. The summed E-state index contributed by atoms with van der Waals surface area (Å²) >= 11 is 0. The molecular weight excluding hydrogens is 396 g/mol.